The van der Waals surface area contributed by atoms with Crippen LogP contribution in [-0.2, 0) is 6.54 Å². The number of carbonyl (C=O) groups is 1. The lowest BCUT2D eigenvalue weighted by atomic mass is 10.0. The highest BCUT2D eigenvalue weighted by atomic mass is 16.2. The smallest absolute Gasteiger partial charge is 0.322 e. The maximum Gasteiger partial charge on any atom is 0.330 e. The lowest BCUT2D eigenvalue weighted by molar-refractivity contribution is 0.102. The number of aromatic amines is 1. The van der Waals surface area contributed by atoms with Gasteiger partial charge in [0.1, 0.15) is 0 Å². The lowest BCUT2D eigenvalue weighted by Gasteiger charge is -2.16. The molecule has 1 amide bonds. The second-order valence-corrected chi connectivity index (χ2v) is 7.53. The Kier molecular flexibility index (Phi) is 5.44. The zero-order valence-electron chi connectivity index (χ0n) is 16.4. The Morgan fingerprint density at radius 1 is 1.14 bits per heavy atom. The van der Waals surface area contributed by atoms with E-state index >= 15 is 0 Å². The minimum absolute atomic E-state index is 0.0227. The molecule has 0 aliphatic carbocycles. The maximum absolute atomic E-state index is 13.0. The first-order valence-corrected chi connectivity index (χ1v) is 9.32. The Hall–Kier alpha value is -3.22. The SMILES string of the molecule is CC(C)Cn1c(=O)[nH]c(=O)c2c(C(=O)Nc3ccccc3)cc(C(C)C)nc21. The fourth-order valence-electron chi connectivity index (χ4n) is 3.02. The Labute approximate surface area is 162 Å². The number of amides is 1. The van der Waals surface area contributed by atoms with Crippen LogP contribution < -0.4 is 16.6 Å². The molecule has 0 aliphatic rings. The molecule has 7 nitrogen and oxygen atoms in total. The van der Waals surface area contributed by atoms with Crippen LogP contribution >= 0.6 is 0 Å². The van der Waals surface area contributed by atoms with Crippen molar-refractivity contribution in [3.05, 3.63) is 68.5 Å². The Morgan fingerprint density at radius 2 is 1.82 bits per heavy atom. The van der Waals surface area contributed by atoms with Crippen molar-refractivity contribution in [2.75, 3.05) is 5.32 Å². The van der Waals surface area contributed by atoms with Crippen LogP contribution in [0.15, 0.2) is 46.0 Å². The van der Waals surface area contributed by atoms with Gasteiger partial charge >= 0.3 is 5.69 Å². The van der Waals surface area contributed by atoms with E-state index in [1.165, 1.54) is 4.57 Å². The summed E-state index contributed by atoms with van der Waals surface area (Å²) in [5.41, 5.74) is 0.585. The summed E-state index contributed by atoms with van der Waals surface area (Å²) < 4.78 is 1.44. The fourth-order valence-corrected chi connectivity index (χ4v) is 3.02. The average Bonchev–Trinajstić information content (AvgIpc) is 2.64. The van der Waals surface area contributed by atoms with E-state index in [-0.39, 0.29) is 28.4 Å². The molecule has 0 atom stereocenters. The molecule has 0 unspecified atom stereocenters. The molecule has 0 radical (unpaired) electrons. The van der Waals surface area contributed by atoms with Crippen molar-refractivity contribution in [2.24, 2.45) is 5.92 Å². The molecule has 28 heavy (non-hydrogen) atoms. The molecule has 3 rings (SSSR count). The summed E-state index contributed by atoms with van der Waals surface area (Å²) in [5.74, 6) is -0.229. The molecule has 0 aliphatic heterocycles. The predicted molar refractivity (Wildman–Crippen MR) is 110 cm³/mol. The van der Waals surface area contributed by atoms with Crippen molar-refractivity contribution in [2.45, 2.75) is 40.2 Å². The van der Waals surface area contributed by atoms with E-state index in [4.69, 9.17) is 0 Å². The zero-order chi connectivity index (χ0) is 20.4. The van der Waals surface area contributed by atoms with Gasteiger partial charge in [-0.05, 0) is 30.0 Å². The monoisotopic (exact) mass is 380 g/mol. The standard InChI is InChI=1S/C21H24N4O3/c1-12(2)11-25-18-17(20(27)24-21(25)28)15(10-16(23-18)13(3)4)19(26)22-14-8-6-5-7-9-14/h5-10,12-13H,11H2,1-4H3,(H,22,26)(H,24,27,28). The maximum atomic E-state index is 13.0. The van der Waals surface area contributed by atoms with Crippen molar-refractivity contribution in [1.82, 2.24) is 14.5 Å². The minimum Gasteiger partial charge on any atom is -0.322 e. The summed E-state index contributed by atoms with van der Waals surface area (Å²) in [6, 6.07) is 10.6. The molecule has 0 spiro atoms. The van der Waals surface area contributed by atoms with Crippen LogP contribution in [0.2, 0.25) is 0 Å². The van der Waals surface area contributed by atoms with Crippen LogP contribution in [-0.4, -0.2) is 20.4 Å². The van der Waals surface area contributed by atoms with Gasteiger partial charge in [0.2, 0.25) is 0 Å². The molecule has 7 heteroatoms. The lowest BCUT2D eigenvalue weighted by Crippen LogP contribution is -2.33. The number of carbonyl (C=O) groups excluding carboxylic acids is 1. The van der Waals surface area contributed by atoms with Crippen LogP contribution in [0.5, 0.6) is 0 Å². The normalized spacial score (nSPS) is 11.4. The Balaban J connectivity index is 2.27. The molecule has 146 valence electrons. The molecule has 3 aromatic rings. The number of nitrogens with one attached hydrogen (secondary N) is 2. The van der Waals surface area contributed by atoms with Gasteiger partial charge in [0, 0.05) is 17.9 Å². The molecule has 1 aromatic carbocycles. The number of hydrogen-bond donors (Lipinski definition) is 2. The molecule has 0 bridgehead atoms. The third kappa shape index (κ3) is 3.88. The highest BCUT2D eigenvalue weighted by Gasteiger charge is 2.21. The molecule has 0 saturated heterocycles. The third-order valence-corrected chi connectivity index (χ3v) is 4.38. The largest absolute Gasteiger partial charge is 0.330 e. The third-order valence-electron chi connectivity index (χ3n) is 4.38. The van der Waals surface area contributed by atoms with E-state index in [0.29, 0.717) is 17.9 Å². The van der Waals surface area contributed by atoms with Gasteiger partial charge in [0.25, 0.3) is 11.5 Å². The van der Waals surface area contributed by atoms with Crippen molar-refractivity contribution < 1.29 is 4.79 Å². The van der Waals surface area contributed by atoms with E-state index in [1.807, 2.05) is 45.9 Å². The Bertz CT molecular complexity index is 1130. The minimum atomic E-state index is -0.610. The van der Waals surface area contributed by atoms with Crippen LogP contribution in [0.25, 0.3) is 11.0 Å². The van der Waals surface area contributed by atoms with Gasteiger partial charge in [-0.1, -0.05) is 45.9 Å². The summed E-state index contributed by atoms with van der Waals surface area (Å²) in [6.07, 6.45) is 0. The van der Waals surface area contributed by atoms with Crippen LogP contribution in [0.1, 0.15) is 49.7 Å². The summed E-state index contributed by atoms with van der Waals surface area (Å²) in [5, 5.41) is 2.93. The quantitative estimate of drug-likeness (QED) is 0.711. The van der Waals surface area contributed by atoms with Gasteiger partial charge < -0.3 is 5.32 Å². The number of rotatable bonds is 5. The number of anilines is 1. The van der Waals surface area contributed by atoms with Gasteiger partial charge in [-0.2, -0.15) is 0 Å². The first kappa shape index (κ1) is 19.5. The van der Waals surface area contributed by atoms with E-state index in [2.05, 4.69) is 15.3 Å². The second-order valence-electron chi connectivity index (χ2n) is 7.53. The summed E-state index contributed by atoms with van der Waals surface area (Å²) >= 11 is 0. The van der Waals surface area contributed by atoms with E-state index in [1.54, 1.807) is 18.2 Å². The van der Waals surface area contributed by atoms with Crippen LogP contribution in [0.3, 0.4) is 0 Å². The highest BCUT2D eigenvalue weighted by molar-refractivity contribution is 6.11. The molecular formula is C21H24N4O3. The molecular weight excluding hydrogens is 356 g/mol. The van der Waals surface area contributed by atoms with Gasteiger partial charge in [-0.25, -0.2) is 9.78 Å². The molecule has 2 heterocycles. The number of benzene rings is 1. The van der Waals surface area contributed by atoms with Gasteiger partial charge in [0.15, 0.2) is 5.65 Å². The number of pyridine rings is 1. The number of nitrogens with zero attached hydrogens (tertiary/aromatic N) is 2. The van der Waals surface area contributed by atoms with Crippen molar-refractivity contribution in [1.29, 1.82) is 0 Å². The molecule has 0 saturated carbocycles. The van der Waals surface area contributed by atoms with Crippen molar-refractivity contribution in [3.8, 4) is 0 Å². The summed E-state index contributed by atoms with van der Waals surface area (Å²) in [6.45, 7) is 8.23. The number of fused-ring (bicyclic) bond motifs is 1. The van der Waals surface area contributed by atoms with Crippen LogP contribution in [0, 0.1) is 5.92 Å². The number of hydrogen-bond acceptors (Lipinski definition) is 4. The average molecular weight is 380 g/mol. The first-order valence-electron chi connectivity index (χ1n) is 9.32. The molecule has 2 aromatic heterocycles. The predicted octanol–water partition coefficient (Wildman–Crippen LogP) is 3.12. The second kappa shape index (κ2) is 7.80. The van der Waals surface area contributed by atoms with E-state index in [0.717, 1.165) is 0 Å². The summed E-state index contributed by atoms with van der Waals surface area (Å²) in [7, 11) is 0. The van der Waals surface area contributed by atoms with Crippen LogP contribution in [0.4, 0.5) is 5.69 Å². The number of H-pyrrole nitrogens is 1. The topological polar surface area (TPSA) is 96.9 Å². The van der Waals surface area contributed by atoms with Gasteiger partial charge in [-0.15, -0.1) is 0 Å². The van der Waals surface area contributed by atoms with E-state index < -0.39 is 17.2 Å². The van der Waals surface area contributed by atoms with Crippen molar-refractivity contribution >= 4 is 22.6 Å². The zero-order valence-corrected chi connectivity index (χ0v) is 16.4. The van der Waals surface area contributed by atoms with E-state index in [9.17, 15) is 14.4 Å². The molecule has 0 fully saturated rings. The van der Waals surface area contributed by atoms with Gasteiger partial charge in [-0.3, -0.25) is 19.1 Å². The Morgan fingerprint density at radius 3 is 2.43 bits per heavy atom. The van der Waals surface area contributed by atoms with Gasteiger partial charge in [0.05, 0.1) is 10.9 Å². The van der Waals surface area contributed by atoms with Crippen molar-refractivity contribution in [3.63, 3.8) is 0 Å². The number of aromatic nitrogens is 3. The number of para-hydroxylation sites is 1. The summed E-state index contributed by atoms with van der Waals surface area (Å²) in [4.78, 5) is 44.9. The fraction of sp³-hybridized carbons (Fsp3) is 0.333. The molecule has 2 N–H and O–H groups in total. The first-order chi connectivity index (χ1) is 13.3. The highest BCUT2D eigenvalue weighted by Crippen LogP contribution is 2.21.